The third kappa shape index (κ3) is 6.28. The summed E-state index contributed by atoms with van der Waals surface area (Å²) < 4.78 is 51.9. The Morgan fingerprint density at radius 1 is 1.06 bits per heavy atom. The largest absolute Gasteiger partial charge is 0.448 e. The van der Waals surface area contributed by atoms with Gasteiger partial charge in [0.2, 0.25) is 0 Å². The van der Waals surface area contributed by atoms with Gasteiger partial charge >= 0.3 is 6.18 Å². The number of hydrogen-bond acceptors (Lipinski definition) is 3. The molecule has 2 atom stereocenters. The summed E-state index contributed by atoms with van der Waals surface area (Å²) in [7, 11) is 0. The Labute approximate surface area is 183 Å². The maximum absolute atomic E-state index is 13.3. The molecular formula is C25H35F3O3. The zero-order chi connectivity index (χ0) is 23.6. The van der Waals surface area contributed by atoms with E-state index in [1.165, 1.54) is 17.2 Å². The zero-order valence-corrected chi connectivity index (χ0v) is 19.6. The van der Waals surface area contributed by atoms with Gasteiger partial charge in [-0.1, -0.05) is 44.1 Å². The molecule has 3 nitrogen and oxygen atoms in total. The van der Waals surface area contributed by atoms with Crippen LogP contribution < -0.4 is 9.47 Å². The van der Waals surface area contributed by atoms with Gasteiger partial charge in [-0.25, -0.2) is 0 Å². The van der Waals surface area contributed by atoms with E-state index in [0.717, 1.165) is 12.8 Å². The lowest BCUT2D eigenvalue weighted by atomic mass is 9.87. The van der Waals surface area contributed by atoms with Crippen molar-refractivity contribution in [2.75, 3.05) is 0 Å². The number of hydrogen-bond donors (Lipinski definition) is 1. The van der Waals surface area contributed by atoms with Crippen molar-refractivity contribution < 1.29 is 27.8 Å². The molecule has 2 unspecified atom stereocenters. The Hall–Kier alpha value is -1.95. The van der Waals surface area contributed by atoms with Crippen molar-refractivity contribution in [3.8, 4) is 11.5 Å². The molecule has 1 aliphatic rings. The minimum Gasteiger partial charge on any atom is -0.448 e. The van der Waals surface area contributed by atoms with Crippen molar-refractivity contribution in [2.24, 2.45) is 5.41 Å². The van der Waals surface area contributed by atoms with Crippen molar-refractivity contribution in [2.45, 2.75) is 92.2 Å². The van der Waals surface area contributed by atoms with Gasteiger partial charge in [0.15, 0.2) is 17.6 Å². The van der Waals surface area contributed by atoms with Gasteiger partial charge in [0.1, 0.15) is 0 Å². The molecule has 1 N–H and O–H groups in total. The number of ether oxygens (including phenoxy) is 2. The first-order valence-corrected chi connectivity index (χ1v) is 10.7. The first kappa shape index (κ1) is 25.3. The van der Waals surface area contributed by atoms with Crippen LogP contribution in [0.1, 0.15) is 85.0 Å². The smallest absolute Gasteiger partial charge is 0.418 e. The van der Waals surface area contributed by atoms with Gasteiger partial charge in [-0.3, -0.25) is 0 Å². The Morgan fingerprint density at radius 3 is 2.26 bits per heavy atom. The Balaban J connectivity index is 2.27. The molecule has 31 heavy (non-hydrogen) atoms. The van der Waals surface area contributed by atoms with Crippen molar-refractivity contribution in [3.05, 3.63) is 46.6 Å². The first-order chi connectivity index (χ1) is 14.1. The number of alkyl halides is 3. The second kappa shape index (κ2) is 9.27. The fourth-order valence-corrected chi connectivity index (χ4v) is 3.30. The number of benzene rings is 1. The van der Waals surface area contributed by atoms with E-state index in [1.807, 2.05) is 20.8 Å². The van der Waals surface area contributed by atoms with Crippen molar-refractivity contribution in [1.29, 1.82) is 0 Å². The van der Waals surface area contributed by atoms with Gasteiger partial charge in [0.05, 0.1) is 0 Å². The number of fused-ring (bicyclic) bond motifs is 1. The van der Waals surface area contributed by atoms with Crippen LogP contribution in [0.5, 0.6) is 11.5 Å². The van der Waals surface area contributed by atoms with E-state index < -0.39 is 23.5 Å². The quantitative estimate of drug-likeness (QED) is 0.448. The monoisotopic (exact) mass is 440 g/mol. The lowest BCUT2D eigenvalue weighted by Crippen LogP contribution is -2.47. The van der Waals surface area contributed by atoms with Crippen LogP contribution in [0.25, 0.3) is 0 Å². The molecule has 1 aromatic carbocycles. The molecule has 0 fully saturated rings. The van der Waals surface area contributed by atoms with E-state index in [4.69, 9.17) is 9.47 Å². The van der Waals surface area contributed by atoms with Crippen LogP contribution in [-0.4, -0.2) is 17.1 Å². The molecule has 1 heterocycles. The van der Waals surface area contributed by atoms with Crippen LogP contribution in [0.2, 0.25) is 0 Å². The number of aliphatic hydroxyl groups excluding tert-OH is 1. The topological polar surface area (TPSA) is 38.7 Å². The van der Waals surface area contributed by atoms with Crippen LogP contribution in [0, 0.1) is 5.41 Å². The first-order valence-electron chi connectivity index (χ1n) is 10.7. The second-order valence-corrected chi connectivity index (χ2v) is 9.77. The normalized spacial score (nSPS) is 20.0. The minimum atomic E-state index is -4.79. The highest BCUT2D eigenvalue weighted by molar-refractivity contribution is 5.53. The third-order valence-electron chi connectivity index (χ3n) is 5.73. The summed E-state index contributed by atoms with van der Waals surface area (Å²) in [5.41, 5.74) is 2.42. The highest BCUT2D eigenvalue weighted by atomic mass is 19.4. The van der Waals surface area contributed by atoms with Gasteiger partial charge in [-0.2, -0.15) is 13.2 Å². The number of aliphatic hydroxyl groups is 1. The van der Waals surface area contributed by atoms with E-state index >= 15 is 0 Å². The molecule has 0 radical (unpaired) electrons. The van der Waals surface area contributed by atoms with Crippen molar-refractivity contribution in [3.63, 3.8) is 0 Å². The van der Waals surface area contributed by atoms with Crippen molar-refractivity contribution in [1.82, 2.24) is 0 Å². The summed E-state index contributed by atoms with van der Waals surface area (Å²) in [4.78, 5) is 0. The average molecular weight is 441 g/mol. The van der Waals surface area contributed by atoms with E-state index in [1.54, 1.807) is 13.0 Å². The van der Waals surface area contributed by atoms with E-state index in [-0.39, 0.29) is 17.1 Å². The summed E-state index contributed by atoms with van der Waals surface area (Å²) in [6.07, 6.45) is 0.0374. The Bertz CT molecular complexity index is 843. The summed E-state index contributed by atoms with van der Waals surface area (Å²) in [6.45, 7) is 13.6. The van der Waals surface area contributed by atoms with Gasteiger partial charge in [-0.05, 0) is 64.2 Å². The van der Waals surface area contributed by atoms with E-state index in [9.17, 15) is 18.3 Å². The summed E-state index contributed by atoms with van der Waals surface area (Å²) >= 11 is 0. The molecule has 0 spiro atoms. The predicted octanol–water partition coefficient (Wildman–Crippen LogP) is 7.44. The molecule has 1 aliphatic heterocycles. The molecule has 0 saturated heterocycles. The summed E-state index contributed by atoms with van der Waals surface area (Å²) in [5.74, 6) is -0.910. The molecule has 1 aromatic rings. The molecular weight excluding hydrogens is 405 g/mol. The Kier molecular flexibility index (Phi) is 7.57. The molecule has 0 amide bonds. The molecule has 0 aromatic heterocycles. The molecule has 0 aliphatic carbocycles. The standard InChI is InChI=1S/C25H35F3O3/c1-16(2)10-8-11-17(3)12-9-13-18-14-19(22(29)25(26,27)28)21-20(15-18)30-24(7,31-21)23(4,5)6/h10,12,14-15,22,29H,8-9,11,13H2,1-7H3/b17-12+. The van der Waals surface area contributed by atoms with E-state index in [2.05, 4.69) is 32.9 Å². The van der Waals surface area contributed by atoms with Crippen LogP contribution in [0.4, 0.5) is 13.2 Å². The maximum Gasteiger partial charge on any atom is 0.418 e. The van der Waals surface area contributed by atoms with Crippen molar-refractivity contribution >= 4 is 0 Å². The van der Waals surface area contributed by atoms with Gasteiger partial charge < -0.3 is 14.6 Å². The average Bonchev–Trinajstić information content (AvgIpc) is 2.96. The fraction of sp³-hybridized carbons (Fsp3) is 0.600. The predicted molar refractivity (Wildman–Crippen MR) is 117 cm³/mol. The highest BCUT2D eigenvalue weighted by Crippen LogP contribution is 2.52. The molecule has 0 saturated carbocycles. The van der Waals surface area contributed by atoms with Gasteiger partial charge in [-0.15, -0.1) is 0 Å². The van der Waals surface area contributed by atoms with Crippen LogP contribution in [0.15, 0.2) is 35.4 Å². The summed E-state index contributed by atoms with van der Waals surface area (Å²) in [6, 6.07) is 3.12. The lowest BCUT2D eigenvalue weighted by molar-refractivity contribution is -0.208. The Morgan fingerprint density at radius 2 is 1.71 bits per heavy atom. The number of rotatable bonds is 7. The summed E-state index contributed by atoms with van der Waals surface area (Å²) in [5, 5.41) is 10.00. The zero-order valence-electron chi connectivity index (χ0n) is 19.6. The van der Waals surface area contributed by atoms with Gasteiger partial charge in [0, 0.05) is 17.9 Å². The lowest BCUT2D eigenvalue weighted by Gasteiger charge is -2.36. The third-order valence-corrected chi connectivity index (χ3v) is 5.73. The van der Waals surface area contributed by atoms with E-state index in [0.29, 0.717) is 18.4 Å². The SMILES string of the molecule is CC(C)=CCC/C(C)=C/CCc1cc2c(c(C(O)C(F)(F)F)c1)OC(C)(C(C)(C)C)O2. The van der Waals surface area contributed by atoms with Crippen LogP contribution in [-0.2, 0) is 6.42 Å². The van der Waals surface area contributed by atoms with Crippen LogP contribution >= 0.6 is 0 Å². The number of halogens is 3. The molecule has 174 valence electrons. The number of aryl methyl sites for hydroxylation is 1. The maximum atomic E-state index is 13.3. The highest BCUT2D eigenvalue weighted by Gasteiger charge is 2.50. The van der Waals surface area contributed by atoms with Gasteiger partial charge in [0.25, 0.3) is 5.79 Å². The molecule has 2 rings (SSSR count). The fourth-order valence-electron chi connectivity index (χ4n) is 3.30. The second-order valence-electron chi connectivity index (χ2n) is 9.77. The molecule has 0 bridgehead atoms. The minimum absolute atomic E-state index is 0.0283. The number of allylic oxidation sites excluding steroid dienone is 4. The van der Waals surface area contributed by atoms with Crippen LogP contribution in [0.3, 0.4) is 0 Å². The molecule has 6 heteroatoms.